The number of nitrogens with zero attached hydrogens (tertiary/aromatic N) is 10. The van der Waals surface area contributed by atoms with Crippen molar-refractivity contribution in [2.75, 3.05) is 76.4 Å². The van der Waals surface area contributed by atoms with E-state index in [2.05, 4.69) is 25.3 Å². The molecule has 6 heterocycles. The molecule has 2 aliphatic heterocycles. The Morgan fingerprint density at radius 1 is 0.607 bits per heavy atom. The van der Waals surface area contributed by atoms with Crippen molar-refractivity contribution < 1.29 is 27.4 Å². The minimum absolute atomic E-state index is 0.0878. The number of rotatable bonds is 9. The molecule has 8 rings (SSSR count). The largest absolute Gasteiger partial charge is 0.573 e. The summed E-state index contributed by atoms with van der Waals surface area (Å²) in [5.74, 6) is 1.94. The van der Waals surface area contributed by atoms with Gasteiger partial charge >= 0.3 is 17.7 Å². The fraction of sp³-hybridized carbons (Fsp3) is 0.436. The first kappa shape index (κ1) is 42.6. The van der Waals surface area contributed by atoms with Crippen LogP contribution in [0.3, 0.4) is 0 Å². The number of nitrogens with one attached hydrogen (secondary N) is 2. The smallest absolute Gasteiger partial charge is 0.493 e. The lowest BCUT2D eigenvalue weighted by Gasteiger charge is -2.29. The van der Waals surface area contributed by atoms with E-state index in [0.717, 1.165) is 40.9 Å². The van der Waals surface area contributed by atoms with E-state index < -0.39 is 23.3 Å². The molecule has 4 aromatic heterocycles. The highest BCUT2D eigenvalue weighted by Gasteiger charge is 2.33. The Morgan fingerprint density at radius 3 is 1.51 bits per heavy atom. The Bertz CT molecular complexity index is 2830. The number of alkyl halides is 3. The molecular formula is C39H47F3N12O7. The molecule has 2 aliphatic rings. The molecule has 6 aromatic rings. The van der Waals surface area contributed by atoms with Crippen LogP contribution in [0.25, 0.3) is 22.3 Å². The third-order valence-electron chi connectivity index (χ3n) is 10.8. The van der Waals surface area contributed by atoms with Crippen molar-refractivity contribution in [2.45, 2.75) is 19.5 Å². The predicted molar refractivity (Wildman–Crippen MR) is 221 cm³/mol. The Morgan fingerprint density at radius 2 is 1.05 bits per heavy atom. The number of halogens is 3. The van der Waals surface area contributed by atoms with Crippen LogP contribution >= 0.6 is 0 Å². The van der Waals surface area contributed by atoms with Gasteiger partial charge in [0, 0.05) is 91.7 Å². The second-order valence-electron chi connectivity index (χ2n) is 14.5. The Hall–Kier alpha value is -6.55. The van der Waals surface area contributed by atoms with Gasteiger partial charge in [-0.05, 0) is 12.1 Å². The van der Waals surface area contributed by atoms with E-state index in [9.17, 15) is 32.3 Å². The summed E-state index contributed by atoms with van der Waals surface area (Å²) in [5.41, 5.74) is 0.282. The molecule has 19 nitrogen and oxygen atoms in total. The molecule has 2 N–H and O–H groups in total. The summed E-state index contributed by atoms with van der Waals surface area (Å²) < 4.78 is 62.1. The molecule has 0 saturated carbocycles. The van der Waals surface area contributed by atoms with Gasteiger partial charge in [0.15, 0.2) is 33.8 Å². The maximum absolute atomic E-state index is 13.1. The number of hydrogen-bond donors (Lipinski definition) is 2. The normalized spacial score (nSPS) is 14.6. The SMILES string of the molecule is COc1cccc(Cn2c(N3CCNCC3)nc3c2c(=O)n(C)c(=O)n3C)c1OC.Cn1c(=O)c2c(nc(N3CCNCC3)n2Cc2ccccc2OC(F)(F)F)n(C)c1=O. The summed E-state index contributed by atoms with van der Waals surface area (Å²) in [6.07, 6.45) is -4.85. The molecule has 2 aromatic carbocycles. The molecule has 0 aliphatic carbocycles. The molecule has 0 spiro atoms. The number of ether oxygens (including phenoxy) is 3. The van der Waals surface area contributed by atoms with Gasteiger partial charge in [-0.1, -0.05) is 30.3 Å². The first-order valence-corrected chi connectivity index (χ1v) is 19.4. The van der Waals surface area contributed by atoms with Crippen LogP contribution in [0.5, 0.6) is 17.2 Å². The Kier molecular flexibility index (Phi) is 12.0. The summed E-state index contributed by atoms with van der Waals surface area (Å²) in [6, 6.07) is 11.4. The van der Waals surface area contributed by atoms with Crippen LogP contribution in [0, 0.1) is 0 Å². The Labute approximate surface area is 345 Å². The quantitative estimate of drug-likeness (QED) is 0.208. The summed E-state index contributed by atoms with van der Waals surface area (Å²) >= 11 is 0. The molecule has 0 unspecified atom stereocenters. The molecule has 61 heavy (non-hydrogen) atoms. The standard InChI is InChI=1S/C20H26N6O4.C19H21F3N6O3/c1-23-17-15(18(27)24(2)20(23)28)26(19(22-17)25-10-8-21-9-11-25)12-13-6-5-7-14(29-3)16(13)30-4;1-25-15-14(16(29)26(2)18(25)30)28(17(24-15)27-9-7-23-8-10-27)11-12-5-3-4-6-13(12)31-19(20,21)22/h5-7,21H,8-12H2,1-4H3;3-6,23H,7-11H2,1-2H3. The van der Waals surface area contributed by atoms with Crippen molar-refractivity contribution in [1.29, 1.82) is 0 Å². The van der Waals surface area contributed by atoms with Gasteiger partial charge in [0.2, 0.25) is 11.9 Å². The van der Waals surface area contributed by atoms with Crippen LogP contribution in [-0.2, 0) is 41.3 Å². The lowest BCUT2D eigenvalue weighted by Crippen LogP contribution is -2.44. The highest BCUT2D eigenvalue weighted by atomic mass is 19.4. The summed E-state index contributed by atoms with van der Waals surface area (Å²) in [7, 11) is 9.16. The topological polar surface area (TPSA) is 182 Å². The van der Waals surface area contributed by atoms with Crippen LogP contribution < -0.4 is 57.1 Å². The average molecular weight is 853 g/mol. The molecule has 22 heteroatoms. The van der Waals surface area contributed by atoms with Crippen molar-refractivity contribution in [3.63, 3.8) is 0 Å². The highest BCUT2D eigenvalue weighted by Crippen LogP contribution is 2.33. The van der Waals surface area contributed by atoms with E-state index in [-0.39, 0.29) is 34.6 Å². The van der Waals surface area contributed by atoms with E-state index >= 15 is 0 Å². The third-order valence-corrected chi connectivity index (χ3v) is 10.8. The zero-order chi connectivity index (χ0) is 43.7. The number of piperazine rings is 2. The van der Waals surface area contributed by atoms with Gasteiger partial charge in [-0.3, -0.25) is 37.0 Å². The van der Waals surface area contributed by atoms with Crippen LogP contribution in [-0.4, -0.2) is 110 Å². The van der Waals surface area contributed by atoms with E-state index in [1.54, 1.807) is 31.9 Å². The van der Waals surface area contributed by atoms with Gasteiger partial charge in [-0.15, -0.1) is 13.2 Å². The number of imidazole rings is 2. The number of aromatic nitrogens is 8. The fourth-order valence-electron chi connectivity index (χ4n) is 7.66. The van der Waals surface area contributed by atoms with Gasteiger partial charge in [0.1, 0.15) is 5.75 Å². The average Bonchev–Trinajstić information content (AvgIpc) is 3.83. The van der Waals surface area contributed by atoms with Crippen LogP contribution in [0.1, 0.15) is 11.1 Å². The maximum Gasteiger partial charge on any atom is 0.573 e. The van der Waals surface area contributed by atoms with Crippen LogP contribution in [0.2, 0.25) is 0 Å². The molecule has 0 atom stereocenters. The lowest BCUT2D eigenvalue weighted by atomic mass is 10.2. The second-order valence-corrected chi connectivity index (χ2v) is 14.5. The Balaban J connectivity index is 0.000000184. The van der Waals surface area contributed by atoms with E-state index in [4.69, 9.17) is 14.5 Å². The molecule has 0 bridgehead atoms. The first-order valence-electron chi connectivity index (χ1n) is 19.4. The minimum atomic E-state index is -4.85. The first-order chi connectivity index (χ1) is 29.1. The number of methoxy groups -OCH3 is 2. The highest BCUT2D eigenvalue weighted by molar-refractivity contribution is 5.76. The summed E-state index contributed by atoms with van der Waals surface area (Å²) in [6.45, 7) is 5.99. The molecular weight excluding hydrogens is 805 g/mol. The van der Waals surface area contributed by atoms with Gasteiger partial charge in [-0.2, -0.15) is 9.97 Å². The number of hydrogen-bond acceptors (Lipinski definition) is 13. The van der Waals surface area contributed by atoms with Gasteiger partial charge in [-0.25, -0.2) is 9.59 Å². The molecule has 0 radical (unpaired) electrons. The van der Waals surface area contributed by atoms with Crippen LogP contribution in [0.4, 0.5) is 25.1 Å². The fourth-order valence-corrected chi connectivity index (χ4v) is 7.66. The zero-order valence-corrected chi connectivity index (χ0v) is 34.6. The van der Waals surface area contributed by atoms with Crippen molar-refractivity contribution in [2.24, 2.45) is 28.2 Å². The molecule has 2 saturated heterocycles. The number of para-hydroxylation sites is 2. The maximum atomic E-state index is 13.1. The van der Waals surface area contributed by atoms with E-state index in [1.165, 1.54) is 48.5 Å². The third kappa shape index (κ3) is 8.19. The summed E-state index contributed by atoms with van der Waals surface area (Å²) in [5, 5.41) is 6.54. The van der Waals surface area contributed by atoms with Gasteiger partial charge in [0.25, 0.3) is 11.1 Å². The lowest BCUT2D eigenvalue weighted by molar-refractivity contribution is -0.274. The van der Waals surface area contributed by atoms with Crippen molar-refractivity contribution in [3.8, 4) is 17.2 Å². The monoisotopic (exact) mass is 852 g/mol. The number of aryl methyl sites for hydroxylation is 2. The van der Waals surface area contributed by atoms with E-state index in [1.807, 2.05) is 27.7 Å². The van der Waals surface area contributed by atoms with Crippen molar-refractivity contribution in [1.82, 2.24) is 48.0 Å². The molecule has 0 amide bonds. The van der Waals surface area contributed by atoms with E-state index in [0.29, 0.717) is 67.3 Å². The second kappa shape index (κ2) is 17.2. The minimum Gasteiger partial charge on any atom is -0.493 e. The molecule has 326 valence electrons. The number of benzene rings is 2. The number of fused-ring (bicyclic) bond motifs is 2. The van der Waals surface area contributed by atoms with Gasteiger partial charge in [0.05, 0.1) is 27.3 Å². The number of anilines is 2. The summed E-state index contributed by atoms with van der Waals surface area (Å²) in [4.78, 5) is 64.2. The predicted octanol–water partition coefficient (Wildman–Crippen LogP) is 0.699. The van der Waals surface area contributed by atoms with Crippen molar-refractivity contribution >= 4 is 34.2 Å². The van der Waals surface area contributed by atoms with Crippen LogP contribution in [0.15, 0.2) is 61.6 Å². The van der Waals surface area contributed by atoms with Crippen molar-refractivity contribution in [3.05, 3.63) is 95.3 Å². The molecule has 2 fully saturated rings. The zero-order valence-electron chi connectivity index (χ0n) is 34.6. The van der Waals surface area contributed by atoms with Gasteiger partial charge < -0.3 is 34.6 Å².